The number of aliphatic carboxylic acids is 1. The lowest BCUT2D eigenvalue weighted by molar-refractivity contribution is -0.139. The van der Waals surface area contributed by atoms with Crippen LogP contribution in [-0.4, -0.2) is 33.8 Å². The van der Waals surface area contributed by atoms with Crippen LogP contribution in [0.1, 0.15) is 39.2 Å². The molecule has 1 amide bonds. The maximum atomic E-state index is 11.6. The van der Waals surface area contributed by atoms with Crippen LogP contribution in [0.3, 0.4) is 0 Å². The van der Waals surface area contributed by atoms with E-state index in [0.29, 0.717) is 19.3 Å². The highest BCUT2D eigenvalue weighted by atomic mass is 16.6. The molecule has 1 rings (SSSR count). The van der Waals surface area contributed by atoms with Crippen LogP contribution in [0.2, 0.25) is 0 Å². The largest absolute Gasteiger partial charge is 0.480 e. The van der Waals surface area contributed by atoms with Gasteiger partial charge in [0.2, 0.25) is 0 Å². The van der Waals surface area contributed by atoms with E-state index in [1.54, 1.807) is 33.2 Å². The van der Waals surface area contributed by atoms with Crippen LogP contribution in [0.15, 0.2) is 24.5 Å². The maximum Gasteiger partial charge on any atom is 0.408 e. The molecule has 2 N–H and O–H groups in total. The van der Waals surface area contributed by atoms with E-state index in [4.69, 9.17) is 9.84 Å². The number of carboxylic acids is 1. The first-order valence-electron chi connectivity index (χ1n) is 6.89. The molecule has 0 radical (unpaired) electrons. The number of hydrogen-bond acceptors (Lipinski definition) is 4. The van der Waals surface area contributed by atoms with E-state index < -0.39 is 23.7 Å². The van der Waals surface area contributed by atoms with Crippen molar-refractivity contribution in [1.29, 1.82) is 0 Å². The Morgan fingerprint density at radius 3 is 2.67 bits per heavy atom. The van der Waals surface area contributed by atoms with Crippen LogP contribution in [0.25, 0.3) is 0 Å². The molecule has 0 aliphatic rings. The van der Waals surface area contributed by atoms with E-state index >= 15 is 0 Å². The fourth-order valence-electron chi connectivity index (χ4n) is 1.76. The molecular formula is C15H22N2O4. The van der Waals surface area contributed by atoms with Crippen LogP contribution in [0.4, 0.5) is 4.79 Å². The lowest BCUT2D eigenvalue weighted by Crippen LogP contribution is -2.43. The standard InChI is InChI=1S/C15H22N2O4/c1-15(2,3)21-14(20)17-12(13(18)19)8-4-6-11-7-5-9-16-10-11/h5,7,9-10,12H,4,6,8H2,1-3H3,(H,17,20)(H,18,19)/t12-/m0/s1. The van der Waals surface area contributed by atoms with Crippen LogP contribution in [-0.2, 0) is 16.0 Å². The maximum absolute atomic E-state index is 11.6. The van der Waals surface area contributed by atoms with Gasteiger partial charge >= 0.3 is 12.1 Å². The molecule has 0 saturated carbocycles. The highest BCUT2D eigenvalue weighted by Gasteiger charge is 2.23. The SMILES string of the molecule is CC(C)(C)OC(=O)N[C@@H](CCCc1cccnc1)C(=O)O. The van der Waals surface area contributed by atoms with E-state index in [1.165, 1.54) is 0 Å². The molecule has 0 unspecified atom stereocenters. The number of carbonyl (C=O) groups excluding carboxylic acids is 1. The Balaban J connectivity index is 2.43. The lowest BCUT2D eigenvalue weighted by atomic mass is 10.1. The summed E-state index contributed by atoms with van der Waals surface area (Å²) in [5.74, 6) is -1.06. The summed E-state index contributed by atoms with van der Waals surface area (Å²) in [7, 11) is 0. The second-order valence-electron chi connectivity index (χ2n) is 5.79. The number of hydrogen-bond donors (Lipinski definition) is 2. The summed E-state index contributed by atoms with van der Waals surface area (Å²) in [4.78, 5) is 26.8. The molecule has 6 heteroatoms. The van der Waals surface area contributed by atoms with Gasteiger partial charge in [-0.25, -0.2) is 9.59 Å². The van der Waals surface area contributed by atoms with Crippen molar-refractivity contribution in [3.63, 3.8) is 0 Å². The molecule has 1 aromatic rings. The molecule has 0 bridgehead atoms. The molecule has 0 aromatic carbocycles. The lowest BCUT2D eigenvalue weighted by Gasteiger charge is -2.22. The number of carboxylic acid groups (broad SMARTS) is 1. The second kappa shape index (κ2) is 7.61. The smallest absolute Gasteiger partial charge is 0.408 e. The molecule has 0 aliphatic heterocycles. The number of rotatable bonds is 6. The van der Waals surface area contributed by atoms with Crippen LogP contribution < -0.4 is 5.32 Å². The van der Waals surface area contributed by atoms with Crippen molar-refractivity contribution in [2.45, 2.75) is 51.7 Å². The number of pyridine rings is 1. The molecule has 0 saturated heterocycles. The molecular weight excluding hydrogens is 272 g/mol. The molecule has 0 aliphatic carbocycles. The number of alkyl carbamates (subject to hydrolysis) is 1. The topological polar surface area (TPSA) is 88.5 Å². The molecule has 1 heterocycles. The van der Waals surface area contributed by atoms with Crippen molar-refractivity contribution in [2.24, 2.45) is 0 Å². The predicted molar refractivity (Wildman–Crippen MR) is 78.0 cm³/mol. The summed E-state index contributed by atoms with van der Waals surface area (Å²) in [6.07, 6.45) is 4.41. The average molecular weight is 294 g/mol. The number of nitrogens with one attached hydrogen (secondary N) is 1. The van der Waals surface area contributed by atoms with Gasteiger partial charge in [-0.15, -0.1) is 0 Å². The molecule has 0 spiro atoms. The zero-order chi connectivity index (χ0) is 15.9. The summed E-state index contributed by atoms with van der Waals surface area (Å²) < 4.78 is 5.06. The normalized spacial score (nSPS) is 12.5. The van der Waals surface area contributed by atoms with Crippen molar-refractivity contribution in [2.75, 3.05) is 0 Å². The monoisotopic (exact) mass is 294 g/mol. The Hall–Kier alpha value is -2.11. The number of nitrogens with zero attached hydrogens (tertiary/aromatic N) is 1. The minimum absolute atomic E-state index is 0.337. The summed E-state index contributed by atoms with van der Waals surface area (Å²) in [6.45, 7) is 5.18. The Labute approximate surface area is 124 Å². The van der Waals surface area contributed by atoms with E-state index in [0.717, 1.165) is 5.56 Å². The highest BCUT2D eigenvalue weighted by molar-refractivity contribution is 5.79. The van der Waals surface area contributed by atoms with Gasteiger partial charge in [-0.2, -0.15) is 0 Å². The molecule has 21 heavy (non-hydrogen) atoms. The van der Waals surface area contributed by atoms with Gasteiger partial charge in [0.1, 0.15) is 11.6 Å². The Morgan fingerprint density at radius 1 is 1.43 bits per heavy atom. The van der Waals surface area contributed by atoms with E-state index in [-0.39, 0.29) is 0 Å². The quantitative estimate of drug-likeness (QED) is 0.841. The van der Waals surface area contributed by atoms with Gasteiger partial charge in [0, 0.05) is 12.4 Å². The van der Waals surface area contributed by atoms with Gasteiger partial charge in [-0.1, -0.05) is 6.07 Å². The fourth-order valence-corrected chi connectivity index (χ4v) is 1.76. The van der Waals surface area contributed by atoms with E-state index in [2.05, 4.69) is 10.3 Å². The van der Waals surface area contributed by atoms with Crippen molar-refractivity contribution >= 4 is 12.1 Å². The fraction of sp³-hybridized carbons (Fsp3) is 0.533. The third kappa shape index (κ3) is 7.29. The van der Waals surface area contributed by atoms with Crippen LogP contribution >= 0.6 is 0 Å². The minimum Gasteiger partial charge on any atom is -0.480 e. The second-order valence-corrected chi connectivity index (χ2v) is 5.79. The van der Waals surface area contributed by atoms with Gasteiger partial charge in [0.15, 0.2) is 0 Å². The zero-order valence-corrected chi connectivity index (χ0v) is 12.6. The third-order valence-electron chi connectivity index (χ3n) is 2.67. The van der Waals surface area contributed by atoms with Gasteiger partial charge in [-0.3, -0.25) is 4.98 Å². The van der Waals surface area contributed by atoms with E-state index in [1.807, 2.05) is 12.1 Å². The predicted octanol–water partition coefficient (Wildman–Crippen LogP) is 2.38. The summed E-state index contributed by atoms with van der Waals surface area (Å²) in [6, 6.07) is 2.82. The molecule has 116 valence electrons. The van der Waals surface area contributed by atoms with Crippen molar-refractivity contribution in [3.8, 4) is 0 Å². The van der Waals surface area contributed by atoms with Crippen molar-refractivity contribution < 1.29 is 19.4 Å². The zero-order valence-electron chi connectivity index (χ0n) is 12.6. The van der Waals surface area contributed by atoms with Gasteiger partial charge in [0.05, 0.1) is 0 Å². The van der Waals surface area contributed by atoms with E-state index in [9.17, 15) is 9.59 Å². The third-order valence-corrected chi connectivity index (χ3v) is 2.67. The molecule has 0 fully saturated rings. The number of amides is 1. The summed E-state index contributed by atoms with van der Waals surface area (Å²) in [5, 5.41) is 11.5. The first kappa shape index (κ1) is 16.9. The molecule has 6 nitrogen and oxygen atoms in total. The Morgan fingerprint density at radius 2 is 2.14 bits per heavy atom. The Bertz CT molecular complexity index is 468. The van der Waals surface area contributed by atoms with Gasteiger partial charge < -0.3 is 15.2 Å². The average Bonchev–Trinajstić information content (AvgIpc) is 2.36. The van der Waals surface area contributed by atoms with Gasteiger partial charge in [0.25, 0.3) is 0 Å². The Kier molecular flexibility index (Phi) is 6.14. The molecule has 1 aromatic heterocycles. The number of carbonyl (C=O) groups is 2. The van der Waals surface area contributed by atoms with Crippen molar-refractivity contribution in [1.82, 2.24) is 10.3 Å². The highest BCUT2D eigenvalue weighted by Crippen LogP contribution is 2.09. The van der Waals surface area contributed by atoms with Crippen LogP contribution in [0, 0.1) is 0 Å². The summed E-state index contributed by atoms with van der Waals surface area (Å²) in [5.41, 5.74) is 0.391. The minimum atomic E-state index is -1.06. The van der Waals surface area contributed by atoms with Crippen molar-refractivity contribution in [3.05, 3.63) is 30.1 Å². The van der Waals surface area contributed by atoms with Crippen LogP contribution in [0.5, 0.6) is 0 Å². The van der Waals surface area contributed by atoms with Gasteiger partial charge in [-0.05, 0) is 51.7 Å². The molecule has 1 atom stereocenters. The number of aryl methyl sites for hydroxylation is 1. The first-order valence-corrected chi connectivity index (χ1v) is 6.89. The number of aromatic nitrogens is 1. The number of ether oxygens (including phenoxy) is 1. The summed E-state index contributed by atoms with van der Waals surface area (Å²) >= 11 is 0. The first-order chi connectivity index (χ1) is 9.78.